The summed E-state index contributed by atoms with van der Waals surface area (Å²) in [4.78, 5) is 32.9. The Hall–Kier alpha value is -2.96. The Morgan fingerprint density at radius 1 is 0.879 bits per heavy atom. The SMILES string of the molecule is CCCCc1ccc(N2C(=O)C(c3ccc(C)cc3)=C(N3CCN(CCO)CC3)C2=O)cc1. The molecule has 1 fully saturated rings. The lowest BCUT2D eigenvalue weighted by Gasteiger charge is -2.36. The summed E-state index contributed by atoms with van der Waals surface area (Å²) < 4.78 is 0. The standard InChI is InChI=1S/C27H33N3O3/c1-3-4-5-21-8-12-23(13-9-21)30-26(32)24(22-10-6-20(2)7-11-22)25(27(30)33)29-16-14-28(15-17-29)18-19-31/h6-13,31H,3-5,14-19H2,1-2H3. The molecule has 0 unspecified atom stereocenters. The van der Waals surface area contributed by atoms with Gasteiger partial charge in [-0.3, -0.25) is 14.5 Å². The highest BCUT2D eigenvalue weighted by Crippen LogP contribution is 2.35. The second kappa shape index (κ2) is 10.3. The highest BCUT2D eigenvalue weighted by Gasteiger charge is 2.43. The van der Waals surface area contributed by atoms with Gasteiger partial charge in [-0.1, -0.05) is 55.3 Å². The lowest BCUT2D eigenvalue weighted by atomic mass is 10.0. The molecule has 0 saturated carbocycles. The highest BCUT2D eigenvalue weighted by atomic mass is 16.3. The molecule has 174 valence electrons. The van der Waals surface area contributed by atoms with Gasteiger partial charge in [0.1, 0.15) is 5.70 Å². The van der Waals surface area contributed by atoms with Crippen molar-refractivity contribution in [3.05, 3.63) is 70.9 Å². The molecular formula is C27H33N3O3. The van der Waals surface area contributed by atoms with E-state index in [2.05, 4.69) is 11.8 Å². The maximum atomic E-state index is 13.7. The van der Waals surface area contributed by atoms with E-state index < -0.39 is 0 Å². The van der Waals surface area contributed by atoms with Gasteiger partial charge in [-0.25, -0.2) is 4.90 Å². The van der Waals surface area contributed by atoms with E-state index in [0.29, 0.717) is 36.6 Å². The molecule has 2 aromatic rings. The van der Waals surface area contributed by atoms with E-state index in [1.54, 1.807) is 0 Å². The van der Waals surface area contributed by atoms with Crippen molar-refractivity contribution >= 4 is 23.1 Å². The number of nitrogens with zero attached hydrogens (tertiary/aromatic N) is 3. The first-order valence-corrected chi connectivity index (χ1v) is 11.9. The molecule has 2 aromatic carbocycles. The molecule has 0 atom stereocenters. The lowest BCUT2D eigenvalue weighted by Crippen LogP contribution is -2.48. The van der Waals surface area contributed by atoms with E-state index in [1.807, 2.05) is 60.4 Å². The average molecular weight is 448 g/mol. The third-order valence-corrected chi connectivity index (χ3v) is 6.52. The molecular weight excluding hydrogens is 414 g/mol. The molecule has 6 nitrogen and oxygen atoms in total. The third kappa shape index (κ3) is 4.87. The molecule has 33 heavy (non-hydrogen) atoms. The summed E-state index contributed by atoms with van der Waals surface area (Å²) in [5, 5.41) is 9.24. The number of carbonyl (C=O) groups is 2. The summed E-state index contributed by atoms with van der Waals surface area (Å²) in [5.41, 5.74) is 4.67. The first kappa shape index (κ1) is 23.2. The molecule has 0 spiro atoms. The van der Waals surface area contributed by atoms with E-state index in [4.69, 9.17) is 0 Å². The zero-order valence-corrected chi connectivity index (χ0v) is 19.6. The number of hydrogen-bond donors (Lipinski definition) is 1. The van der Waals surface area contributed by atoms with Crippen LogP contribution in [0.2, 0.25) is 0 Å². The maximum Gasteiger partial charge on any atom is 0.282 e. The van der Waals surface area contributed by atoms with Crippen LogP contribution in [-0.2, 0) is 16.0 Å². The Morgan fingerprint density at radius 2 is 1.55 bits per heavy atom. The van der Waals surface area contributed by atoms with Gasteiger partial charge < -0.3 is 10.0 Å². The number of unbranched alkanes of at least 4 members (excludes halogenated alkanes) is 1. The monoisotopic (exact) mass is 447 g/mol. The Bertz CT molecular complexity index is 1020. The van der Waals surface area contributed by atoms with Gasteiger partial charge in [-0.05, 0) is 43.0 Å². The lowest BCUT2D eigenvalue weighted by molar-refractivity contribution is -0.120. The molecule has 0 aliphatic carbocycles. The van der Waals surface area contributed by atoms with Crippen LogP contribution in [0.3, 0.4) is 0 Å². The number of benzene rings is 2. The minimum absolute atomic E-state index is 0.122. The van der Waals surface area contributed by atoms with Crippen molar-refractivity contribution in [2.75, 3.05) is 44.2 Å². The fourth-order valence-corrected chi connectivity index (χ4v) is 4.56. The van der Waals surface area contributed by atoms with Gasteiger partial charge in [0.25, 0.3) is 11.8 Å². The number of carbonyl (C=O) groups excluding carboxylic acids is 2. The summed E-state index contributed by atoms with van der Waals surface area (Å²) in [6.07, 6.45) is 3.24. The van der Waals surface area contributed by atoms with Gasteiger partial charge in [-0.15, -0.1) is 0 Å². The van der Waals surface area contributed by atoms with Crippen LogP contribution < -0.4 is 4.90 Å². The summed E-state index contributed by atoms with van der Waals surface area (Å²) in [7, 11) is 0. The molecule has 2 aliphatic heterocycles. The van der Waals surface area contributed by atoms with E-state index >= 15 is 0 Å². The van der Waals surface area contributed by atoms with Crippen molar-refractivity contribution in [1.82, 2.24) is 9.80 Å². The van der Waals surface area contributed by atoms with Crippen molar-refractivity contribution < 1.29 is 14.7 Å². The first-order chi connectivity index (χ1) is 16.0. The van der Waals surface area contributed by atoms with E-state index in [-0.39, 0.29) is 18.4 Å². The fraction of sp³-hybridized carbons (Fsp3) is 0.407. The predicted molar refractivity (Wildman–Crippen MR) is 131 cm³/mol. The Morgan fingerprint density at radius 3 is 2.15 bits per heavy atom. The van der Waals surface area contributed by atoms with Crippen LogP contribution in [0.25, 0.3) is 5.57 Å². The van der Waals surface area contributed by atoms with Crippen LogP contribution in [-0.4, -0.2) is 66.1 Å². The molecule has 4 rings (SSSR count). The molecule has 0 aromatic heterocycles. The first-order valence-electron chi connectivity index (χ1n) is 11.9. The highest BCUT2D eigenvalue weighted by molar-refractivity contribution is 6.45. The number of anilines is 1. The van der Waals surface area contributed by atoms with Crippen molar-refractivity contribution in [2.24, 2.45) is 0 Å². The van der Waals surface area contributed by atoms with Gasteiger partial charge in [0, 0.05) is 32.7 Å². The number of rotatable bonds is 8. The quantitative estimate of drug-likeness (QED) is 0.630. The molecule has 6 heteroatoms. The second-order valence-corrected chi connectivity index (χ2v) is 8.86. The fourth-order valence-electron chi connectivity index (χ4n) is 4.56. The number of β-amino-alcohol motifs (C(OH)–C–C–N with tert-alkyl or cyclic N) is 1. The van der Waals surface area contributed by atoms with E-state index in [1.165, 1.54) is 10.5 Å². The molecule has 1 saturated heterocycles. The zero-order valence-electron chi connectivity index (χ0n) is 19.6. The minimum Gasteiger partial charge on any atom is -0.395 e. The summed E-state index contributed by atoms with van der Waals surface area (Å²) >= 11 is 0. The topological polar surface area (TPSA) is 64.1 Å². The number of amides is 2. The van der Waals surface area contributed by atoms with E-state index in [0.717, 1.165) is 43.5 Å². The summed E-state index contributed by atoms with van der Waals surface area (Å²) in [6.45, 7) is 7.71. The molecule has 2 amide bonds. The van der Waals surface area contributed by atoms with Crippen LogP contribution in [0.4, 0.5) is 5.69 Å². The number of imide groups is 1. The van der Waals surface area contributed by atoms with Crippen LogP contribution in [0, 0.1) is 6.92 Å². The number of aliphatic hydroxyl groups excluding tert-OH is 1. The van der Waals surface area contributed by atoms with Gasteiger partial charge in [-0.2, -0.15) is 0 Å². The van der Waals surface area contributed by atoms with Crippen molar-refractivity contribution in [3.8, 4) is 0 Å². The Kier molecular flexibility index (Phi) is 7.26. The van der Waals surface area contributed by atoms with Gasteiger partial charge in [0.05, 0.1) is 17.9 Å². The van der Waals surface area contributed by atoms with Crippen molar-refractivity contribution in [1.29, 1.82) is 0 Å². The number of aryl methyl sites for hydroxylation is 2. The van der Waals surface area contributed by atoms with Gasteiger partial charge in [0.15, 0.2) is 0 Å². The molecule has 0 radical (unpaired) electrons. The number of hydrogen-bond acceptors (Lipinski definition) is 5. The molecule has 0 bridgehead atoms. The van der Waals surface area contributed by atoms with E-state index in [9.17, 15) is 14.7 Å². The van der Waals surface area contributed by atoms with Crippen molar-refractivity contribution in [2.45, 2.75) is 33.1 Å². The molecule has 1 N–H and O–H groups in total. The molecule has 2 aliphatic rings. The maximum absolute atomic E-state index is 13.7. The molecule has 2 heterocycles. The zero-order chi connectivity index (χ0) is 23.4. The van der Waals surface area contributed by atoms with Crippen LogP contribution in [0.15, 0.2) is 54.2 Å². The number of aliphatic hydroxyl groups is 1. The van der Waals surface area contributed by atoms with Gasteiger partial charge in [0.2, 0.25) is 0 Å². The predicted octanol–water partition coefficient (Wildman–Crippen LogP) is 3.23. The van der Waals surface area contributed by atoms with Gasteiger partial charge >= 0.3 is 0 Å². The Labute approximate surface area is 196 Å². The average Bonchev–Trinajstić information content (AvgIpc) is 3.09. The van der Waals surface area contributed by atoms with Crippen molar-refractivity contribution in [3.63, 3.8) is 0 Å². The third-order valence-electron chi connectivity index (χ3n) is 6.52. The van der Waals surface area contributed by atoms with Crippen LogP contribution >= 0.6 is 0 Å². The smallest absolute Gasteiger partial charge is 0.282 e. The largest absolute Gasteiger partial charge is 0.395 e. The number of piperazine rings is 1. The van der Waals surface area contributed by atoms with Crippen LogP contribution in [0.1, 0.15) is 36.5 Å². The summed E-state index contributed by atoms with van der Waals surface area (Å²) in [6, 6.07) is 15.6. The Balaban J connectivity index is 1.66. The summed E-state index contributed by atoms with van der Waals surface area (Å²) in [5.74, 6) is -0.523. The minimum atomic E-state index is -0.266. The second-order valence-electron chi connectivity index (χ2n) is 8.86. The van der Waals surface area contributed by atoms with Crippen LogP contribution in [0.5, 0.6) is 0 Å². The normalized spacial score (nSPS) is 17.4.